The predicted octanol–water partition coefficient (Wildman–Crippen LogP) is 4.03. The molecule has 2 aromatic rings. The van der Waals surface area contributed by atoms with E-state index in [9.17, 15) is 0 Å². The van der Waals surface area contributed by atoms with Gasteiger partial charge in [0.2, 0.25) is 0 Å². The minimum absolute atomic E-state index is 0.611. The van der Waals surface area contributed by atoms with Crippen molar-refractivity contribution in [3.63, 3.8) is 0 Å². The van der Waals surface area contributed by atoms with E-state index >= 15 is 0 Å². The molecule has 1 aromatic heterocycles. The van der Waals surface area contributed by atoms with Crippen LogP contribution in [-0.2, 0) is 12.8 Å². The van der Waals surface area contributed by atoms with E-state index in [4.69, 9.17) is 15.2 Å². The molecule has 114 valence electrons. The normalized spacial score (nSPS) is 10.6. The second-order valence-electron chi connectivity index (χ2n) is 4.61. The Labute approximate surface area is 138 Å². The van der Waals surface area contributed by atoms with Crippen LogP contribution in [0.5, 0.6) is 11.5 Å². The van der Waals surface area contributed by atoms with Crippen LogP contribution in [0.4, 0.5) is 0 Å². The third-order valence-corrected chi connectivity index (χ3v) is 4.34. The lowest BCUT2D eigenvalue weighted by Gasteiger charge is -2.15. The molecular weight excluding hydrogens is 350 g/mol. The van der Waals surface area contributed by atoms with Gasteiger partial charge in [-0.2, -0.15) is 11.3 Å². The first kappa shape index (κ1) is 16.3. The van der Waals surface area contributed by atoms with Crippen molar-refractivity contribution in [3.8, 4) is 11.5 Å². The van der Waals surface area contributed by atoms with E-state index in [2.05, 4.69) is 38.8 Å². The van der Waals surface area contributed by atoms with E-state index < -0.39 is 0 Å². The molecule has 0 atom stereocenters. The summed E-state index contributed by atoms with van der Waals surface area (Å²) in [5, 5.41) is 4.23. The van der Waals surface area contributed by atoms with Gasteiger partial charge >= 0.3 is 0 Å². The van der Waals surface area contributed by atoms with Gasteiger partial charge in [-0.3, -0.25) is 0 Å². The molecule has 0 radical (unpaired) electrons. The molecule has 0 fully saturated rings. The van der Waals surface area contributed by atoms with Crippen LogP contribution in [0.1, 0.15) is 18.1 Å². The van der Waals surface area contributed by atoms with Gasteiger partial charge in [0.15, 0.2) is 11.5 Å². The minimum Gasteiger partial charge on any atom is -0.490 e. The summed E-state index contributed by atoms with van der Waals surface area (Å²) in [6.45, 7) is 3.83. The molecule has 0 saturated carbocycles. The summed E-state index contributed by atoms with van der Waals surface area (Å²) in [7, 11) is 0. The molecule has 0 aliphatic carbocycles. The van der Waals surface area contributed by atoms with Crippen molar-refractivity contribution in [2.75, 3.05) is 19.8 Å². The summed E-state index contributed by atoms with van der Waals surface area (Å²) in [5.41, 5.74) is 8.07. The maximum atomic E-state index is 5.93. The Morgan fingerprint density at radius 2 is 2.05 bits per heavy atom. The summed E-state index contributed by atoms with van der Waals surface area (Å²) in [6, 6.07) is 6.19. The number of halogens is 1. The predicted molar refractivity (Wildman–Crippen MR) is 91.6 cm³/mol. The monoisotopic (exact) mass is 369 g/mol. The fourth-order valence-electron chi connectivity index (χ4n) is 2.04. The van der Waals surface area contributed by atoms with Crippen molar-refractivity contribution in [2.24, 2.45) is 5.73 Å². The average Bonchev–Trinajstić information content (AvgIpc) is 2.95. The lowest BCUT2D eigenvalue weighted by atomic mass is 10.1. The standard InChI is InChI=1S/C16H20BrNO2S/c1-2-19-15-10-13(3-6-18)9-14(17)16(15)20-7-4-12-5-8-21-11-12/h5,8-11H,2-4,6-7,18H2,1H3. The van der Waals surface area contributed by atoms with Crippen LogP contribution in [0.3, 0.4) is 0 Å². The highest BCUT2D eigenvalue weighted by Crippen LogP contribution is 2.37. The molecule has 0 aliphatic rings. The van der Waals surface area contributed by atoms with E-state index in [1.807, 2.05) is 13.0 Å². The highest BCUT2D eigenvalue weighted by Gasteiger charge is 2.12. The van der Waals surface area contributed by atoms with Gasteiger partial charge in [-0.25, -0.2) is 0 Å². The van der Waals surface area contributed by atoms with E-state index in [0.717, 1.165) is 34.4 Å². The zero-order valence-electron chi connectivity index (χ0n) is 12.1. The van der Waals surface area contributed by atoms with Crippen LogP contribution < -0.4 is 15.2 Å². The highest BCUT2D eigenvalue weighted by molar-refractivity contribution is 9.10. The molecule has 0 spiro atoms. The average molecular weight is 370 g/mol. The zero-order chi connectivity index (χ0) is 15.1. The second-order valence-corrected chi connectivity index (χ2v) is 6.24. The Bertz CT molecular complexity index is 558. The van der Waals surface area contributed by atoms with Crippen LogP contribution in [0.15, 0.2) is 33.4 Å². The molecule has 21 heavy (non-hydrogen) atoms. The third kappa shape index (κ3) is 4.73. The lowest BCUT2D eigenvalue weighted by molar-refractivity contribution is 0.277. The molecule has 1 aromatic carbocycles. The third-order valence-electron chi connectivity index (χ3n) is 3.02. The van der Waals surface area contributed by atoms with Crippen molar-refractivity contribution in [3.05, 3.63) is 44.6 Å². The van der Waals surface area contributed by atoms with Crippen molar-refractivity contribution in [1.82, 2.24) is 0 Å². The Balaban J connectivity index is 2.08. The number of benzene rings is 1. The molecule has 2 rings (SSSR count). The first-order chi connectivity index (χ1) is 10.2. The topological polar surface area (TPSA) is 44.5 Å². The first-order valence-corrected chi connectivity index (χ1v) is 8.77. The van der Waals surface area contributed by atoms with E-state index in [1.54, 1.807) is 11.3 Å². The number of hydrogen-bond acceptors (Lipinski definition) is 4. The summed E-state index contributed by atoms with van der Waals surface area (Å²) in [5.74, 6) is 1.55. The molecule has 2 N–H and O–H groups in total. The summed E-state index contributed by atoms with van der Waals surface area (Å²) < 4.78 is 12.5. The van der Waals surface area contributed by atoms with E-state index in [-0.39, 0.29) is 0 Å². The zero-order valence-corrected chi connectivity index (χ0v) is 14.5. The maximum Gasteiger partial charge on any atom is 0.175 e. The molecule has 0 bridgehead atoms. The van der Waals surface area contributed by atoms with Crippen molar-refractivity contribution >= 4 is 27.3 Å². The van der Waals surface area contributed by atoms with Gasteiger partial charge in [-0.1, -0.05) is 0 Å². The van der Waals surface area contributed by atoms with E-state index in [1.165, 1.54) is 5.56 Å². The minimum atomic E-state index is 0.611. The van der Waals surface area contributed by atoms with Gasteiger partial charge in [0, 0.05) is 6.42 Å². The van der Waals surface area contributed by atoms with Gasteiger partial charge in [-0.15, -0.1) is 0 Å². The lowest BCUT2D eigenvalue weighted by Crippen LogP contribution is -2.06. The Hall–Kier alpha value is -1.04. The Morgan fingerprint density at radius 1 is 1.19 bits per heavy atom. The molecule has 3 nitrogen and oxygen atoms in total. The Kier molecular flexibility index (Phi) is 6.54. The van der Waals surface area contributed by atoms with Crippen molar-refractivity contribution < 1.29 is 9.47 Å². The fourth-order valence-corrected chi connectivity index (χ4v) is 3.35. The van der Waals surface area contributed by atoms with Crippen LogP contribution in [0, 0.1) is 0 Å². The fraction of sp³-hybridized carbons (Fsp3) is 0.375. The van der Waals surface area contributed by atoms with Crippen LogP contribution >= 0.6 is 27.3 Å². The number of hydrogen-bond donors (Lipinski definition) is 1. The van der Waals surface area contributed by atoms with Crippen LogP contribution in [0.2, 0.25) is 0 Å². The summed E-state index contributed by atoms with van der Waals surface area (Å²) in [4.78, 5) is 0. The first-order valence-electron chi connectivity index (χ1n) is 7.03. The quantitative estimate of drug-likeness (QED) is 0.763. The number of rotatable bonds is 8. The number of nitrogens with two attached hydrogens (primary N) is 1. The molecule has 0 aliphatic heterocycles. The maximum absolute atomic E-state index is 5.93. The number of thiophene rings is 1. The van der Waals surface area contributed by atoms with Crippen molar-refractivity contribution in [2.45, 2.75) is 19.8 Å². The molecule has 1 heterocycles. The van der Waals surface area contributed by atoms with Gasteiger partial charge in [-0.05, 0) is 75.9 Å². The smallest absolute Gasteiger partial charge is 0.175 e. The van der Waals surface area contributed by atoms with Gasteiger partial charge in [0.05, 0.1) is 17.7 Å². The van der Waals surface area contributed by atoms with Crippen molar-refractivity contribution in [1.29, 1.82) is 0 Å². The summed E-state index contributed by atoms with van der Waals surface area (Å²) >= 11 is 5.28. The second kappa shape index (κ2) is 8.41. The molecule has 0 saturated heterocycles. The largest absolute Gasteiger partial charge is 0.490 e. The van der Waals surface area contributed by atoms with E-state index in [0.29, 0.717) is 19.8 Å². The van der Waals surface area contributed by atoms with Crippen LogP contribution in [0.25, 0.3) is 0 Å². The van der Waals surface area contributed by atoms with Gasteiger partial charge in [0.25, 0.3) is 0 Å². The Morgan fingerprint density at radius 3 is 2.71 bits per heavy atom. The van der Waals surface area contributed by atoms with Gasteiger partial charge < -0.3 is 15.2 Å². The SMILES string of the molecule is CCOc1cc(CCN)cc(Br)c1OCCc1ccsc1. The van der Waals surface area contributed by atoms with Gasteiger partial charge in [0.1, 0.15) is 0 Å². The molecule has 0 amide bonds. The number of ether oxygens (including phenoxy) is 2. The molecular formula is C16H20BrNO2S. The molecule has 5 heteroatoms. The molecule has 0 unspecified atom stereocenters. The summed E-state index contributed by atoms with van der Waals surface area (Å²) in [6.07, 6.45) is 1.72. The highest BCUT2D eigenvalue weighted by atomic mass is 79.9. The van der Waals surface area contributed by atoms with Crippen LogP contribution in [-0.4, -0.2) is 19.8 Å².